The third-order valence-corrected chi connectivity index (χ3v) is 5.65. The lowest BCUT2D eigenvalue weighted by Gasteiger charge is -2.33. The van der Waals surface area contributed by atoms with Crippen molar-refractivity contribution < 1.29 is 4.74 Å². The molecule has 1 atom stereocenters. The molecule has 1 unspecified atom stereocenters. The molecule has 4 rings (SSSR count). The van der Waals surface area contributed by atoms with Crippen LogP contribution in [-0.2, 0) is 24.4 Å². The number of rotatable bonds is 6. The summed E-state index contributed by atoms with van der Waals surface area (Å²) in [6, 6.07) is 4.20. The van der Waals surface area contributed by atoms with Gasteiger partial charge >= 0.3 is 0 Å². The minimum atomic E-state index is 0.402. The second-order valence-electron chi connectivity index (χ2n) is 7.56. The molecule has 0 saturated heterocycles. The summed E-state index contributed by atoms with van der Waals surface area (Å²) in [5.74, 6) is 1.21. The van der Waals surface area contributed by atoms with Crippen molar-refractivity contribution in [1.82, 2.24) is 19.7 Å². The van der Waals surface area contributed by atoms with Crippen molar-refractivity contribution in [2.24, 2.45) is 5.92 Å². The Morgan fingerprint density at radius 2 is 2.00 bits per heavy atom. The highest BCUT2D eigenvalue weighted by Crippen LogP contribution is 2.32. The standard InChI is InChI=1S/C20H28N4O/c1-25-15-19-14-23(11-17-6-8-21-9-7-17)13-18-10-22-24(20(18)19)12-16-4-2-3-5-16/h6-10,16,19H,2-5,11-15H2,1H3. The molecule has 5 nitrogen and oxygen atoms in total. The van der Waals surface area contributed by atoms with Crippen LogP contribution in [0.3, 0.4) is 0 Å². The molecule has 0 spiro atoms. The number of fused-ring (bicyclic) bond motifs is 1. The average Bonchev–Trinajstić information content (AvgIpc) is 3.27. The van der Waals surface area contributed by atoms with E-state index in [-0.39, 0.29) is 0 Å². The third-order valence-electron chi connectivity index (χ3n) is 5.65. The van der Waals surface area contributed by atoms with Crippen LogP contribution in [0.15, 0.2) is 30.7 Å². The first kappa shape index (κ1) is 16.7. The largest absolute Gasteiger partial charge is 0.384 e. The van der Waals surface area contributed by atoms with Crippen LogP contribution in [0.1, 0.15) is 48.4 Å². The number of hydrogen-bond donors (Lipinski definition) is 0. The van der Waals surface area contributed by atoms with E-state index < -0.39 is 0 Å². The van der Waals surface area contributed by atoms with Crippen molar-refractivity contribution in [2.45, 2.75) is 51.2 Å². The molecule has 0 aromatic carbocycles. The van der Waals surface area contributed by atoms with Crippen LogP contribution in [0.4, 0.5) is 0 Å². The summed E-state index contributed by atoms with van der Waals surface area (Å²) in [7, 11) is 1.80. The molecule has 1 saturated carbocycles. The predicted octanol–water partition coefficient (Wildman–Crippen LogP) is 3.21. The van der Waals surface area contributed by atoms with Crippen LogP contribution in [0.5, 0.6) is 0 Å². The first-order chi connectivity index (χ1) is 12.3. The average molecular weight is 340 g/mol. The first-order valence-corrected chi connectivity index (χ1v) is 9.48. The zero-order valence-electron chi connectivity index (χ0n) is 15.1. The number of nitrogens with zero attached hydrogens (tertiary/aromatic N) is 4. The molecule has 1 fully saturated rings. The number of pyridine rings is 1. The van der Waals surface area contributed by atoms with E-state index in [0.717, 1.165) is 38.7 Å². The van der Waals surface area contributed by atoms with E-state index in [0.29, 0.717) is 5.92 Å². The number of methoxy groups -OCH3 is 1. The van der Waals surface area contributed by atoms with Crippen LogP contribution in [-0.4, -0.2) is 39.9 Å². The van der Waals surface area contributed by atoms with Gasteiger partial charge in [0, 0.05) is 62.9 Å². The molecule has 0 radical (unpaired) electrons. The van der Waals surface area contributed by atoms with Gasteiger partial charge in [-0.25, -0.2) is 0 Å². The van der Waals surface area contributed by atoms with Gasteiger partial charge in [0.25, 0.3) is 0 Å². The van der Waals surface area contributed by atoms with Crippen LogP contribution >= 0.6 is 0 Å². The highest BCUT2D eigenvalue weighted by atomic mass is 16.5. The van der Waals surface area contributed by atoms with E-state index in [9.17, 15) is 0 Å². The number of aromatic nitrogens is 3. The Kier molecular flexibility index (Phi) is 5.13. The van der Waals surface area contributed by atoms with E-state index >= 15 is 0 Å². The van der Waals surface area contributed by atoms with E-state index in [4.69, 9.17) is 9.84 Å². The predicted molar refractivity (Wildman–Crippen MR) is 97.2 cm³/mol. The van der Waals surface area contributed by atoms with Crippen LogP contribution in [0.25, 0.3) is 0 Å². The molecule has 2 aromatic heterocycles. The van der Waals surface area contributed by atoms with Crippen molar-refractivity contribution in [2.75, 3.05) is 20.3 Å². The Labute approximate surface area is 150 Å². The summed E-state index contributed by atoms with van der Waals surface area (Å²) in [4.78, 5) is 6.62. The van der Waals surface area contributed by atoms with Crippen LogP contribution in [0.2, 0.25) is 0 Å². The Bertz CT molecular complexity index is 678. The molecular weight excluding hydrogens is 312 g/mol. The monoisotopic (exact) mass is 340 g/mol. The van der Waals surface area contributed by atoms with Gasteiger partial charge < -0.3 is 4.74 Å². The number of ether oxygens (including phenoxy) is 1. The Hall–Kier alpha value is -1.72. The minimum absolute atomic E-state index is 0.402. The summed E-state index contributed by atoms with van der Waals surface area (Å²) in [5, 5.41) is 4.76. The molecule has 5 heteroatoms. The van der Waals surface area contributed by atoms with Crippen LogP contribution in [0, 0.1) is 5.92 Å². The Balaban J connectivity index is 1.52. The summed E-state index contributed by atoms with van der Waals surface area (Å²) < 4.78 is 7.84. The van der Waals surface area contributed by atoms with E-state index in [1.165, 1.54) is 42.5 Å². The van der Waals surface area contributed by atoms with Crippen molar-refractivity contribution in [3.05, 3.63) is 47.5 Å². The second kappa shape index (κ2) is 7.67. The van der Waals surface area contributed by atoms with Gasteiger partial charge in [-0.3, -0.25) is 14.6 Å². The normalized spacial score (nSPS) is 21.6. The maximum atomic E-state index is 5.55. The van der Waals surface area contributed by atoms with Crippen molar-refractivity contribution >= 4 is 0 Å². The molecule has 2 aliphatic rings. The maximum Gasteiger partial charge on any atom is 0.0558 e. The van der Waals surface area contributed by atoms with Crippen LogP contribution < -0.4 is 0 Å². The van der Waals surface area contributed by atoms with Crippen molar-refractivity contribution in [3.8, 4) is 0 Å². The quantitative estimate of drug-likeness (QED) is 0.810. The number of hydrogen-bond acceptors (Lipinski definition) is 4. The summed E-state index contributed by atoms with van der Waals surface area (Å²) in [6.07, 6.45) is 11.3. The van der Waals surface area contributed by atoms with Gasteiger partial charge in [0.05, 0.1) is 12.8 Å². The van der Waals surface area contributed by atoms with Gasteiger partial charge in [-0.2, -0.15) is 5.10 Å². The second-order valence-corrected chi connectivity index (χ2v) is 7.56. The fourth-order valence-electron chi connectivity index (χ4n) is 4.51. The topological polar surface area (TPSA) is 43.2 Å². The summed E-state index contributed by atoms with van der Waals surface area (Å²) in [6.45, 7) is 4.80. The molecule has 2 aromatic rings. The first-order valence-electron chi connectivity index (χ1n) is 9.48. The Morgan fingerprint density at radius 3 is 2.76 bits per heavy atom. The molecule has 0 amide bonds. The molecule has 1 aliphatic carbocycles. The Morgan fingerprint density at radius 1 is 1.20 bits per heavy atom. The zero-order valence-corrected chi connectivity index (χ0v) is 15.1. The van der Waals surface area contributed by atoms with Gasteiger partial charge in [-0.05, 0) is 36.5 Å². The lowest BCUT2D eigenvalue weighted by atomic mass is 9.96. The molecule has 1 aliphatic heterocycles. The van der Waals surface area contributed by atoms with E-state index in [2.05, 4.69) is 32.9 Å². The SMILES string of the molecule is COCC1CN(Cc2ccncc2)Cc2cnn(CC3CCCC3)c21. The summed E-state index contributed by atoms with van der Waals surface area (Å²) in [5.41, 5.74) is 4.10. The molecule has 3 heterocycles. The van der Waals surface area contributed by atoms with Gasteiger partial charge in [-0.15, -0.1) is 0 Å². The fourth-order valence-corrected chi connectivity index (χ4v) is 4.51. The molecular formula is C20H28N4O. The zero-order chi connectivity index (χ0) is 17.1. The molecule has 0 N–H and O–H groups in total. The smallest absolute Gasteiger partial charge is 0.0558 e. The van der Waals surface area contributed by atoms with E-state index in [1.807, 2.05) is 12.4 Å². The molecule has 0 bridgehead atoms. The van der Waals surface area contributed by atoms with Crippen molar-refractivity contribution in [3.63, 3.8) is 0 Å². The van der Waals surface area contributed by atoms with Gasteiger partial charge in [0.15, 0.2) is 0 Å². The maximum absolute atomic E-state index is 5.55. The lowest BCUT2D eigenvalue weighted by molar-refractivity contribution is 0.131. The fraction of sp³-hybridized carbons (Fsp3) is 0.600. The summed E-state index contributed by atoms with van der Waals surface area (Å²) >= 11 is 0. The minimum Gasteiger partial charge on any atom is -0.384 e. The third kappa shape index (κ3) is 3.77. The van der Waals surface area contributed by atoms with E-state index in [1.54, 1.807) is 7.11 Å². The van der Waals surface area contributed by atoms with Gasteiger partial charge in [0.2, 0.25) is 0 Å². The lowest BCUT2D eigenvalue weighted by Crippen LogP contribution is -2.36. The van der Waals surface area contributed by atoms with Gasteiger partial charge in [0.1, 0.15) is 0 Å². The highest BCUT2D eigenvalue weighted by Gasteiger charge is 2.30. The van der Waals surface area contributed by atoms with Crippen molar-refractivity contribution in [1.29, 1.82) is 0 Å². The molecule has 25 heavy (non-hydrogen) atoms. The van der Waals surface area contributed by atoms with Gasteiger partial charge in [-0.1, -0.05) is 12.8 Å². The molecule has 134 valence electrons. The highest BCUT2D eigenvalue weighted by molar-refractivity contribution is 5.26.